The van der Waals surface area contributed by atoms with Gasteiger partial charge in [0.1, 0.15) is 11.9 Å². The molecule has 2 aromatic rings. The Morgan fingerprint density at radius 1 is 1.11 bits per heavy atom. The Bertz CT molecular complexity index is 667. The van der Waals surface area contributed by atoms with Crippen LogP contribution in [-0.2, 0) is 0 Å². The molecule has 0 radical (unpaired) electrons. The van der Waals surface area contributed by atoms with Crippen LogP contribution in [0.1, 0.15) is 11.1 Å². The number of hydrogen-bond donors (Lipinski definition) is 1. The molecule has 0 bridgehead atoms. The molecule has 0 saturated carbocycles. The van der Waals surface area contributed by atoms with Crippen LogP contribution in [0.4, 0.5) is 11.5 Å². The Morgan fingerprint density at radius 3 is 2.67 bits per heavy atom. The first-order chi connectivity index (χ1) is 8.72. The molecule has 0 unspecified atom stereocenters. The van der Waals surface area contributed by atoms with E-state index in [1.54, 1.807) is 36.5 Å². The van der Waals surface area contributed by atoms with Crippen LogP contribution in [0.25, 0.3) is 0 Å². The first-order valence-corrected chi connectivity index (χ1v) is 5.85. The second-order valence-corrected chi connectivity index (χ2v) is 4.38. The minimum atomic E-state index is 0.515. The maximum Gasteiger partial charge on any atom is 0.131 e. The van der Waals surface area contributed by atoms with Gasteiger partial charge in [0, 0.05) is 10.7 Å². The Hall–Kier alpha value is -2.37. The van der Waals surface area contributed by atoms with Gasteiger partial charge in [-0.05, 0) is 30.3 Å². The van der Waals surface area contributed by atoms with E-state index >= 15 is 0 Å². The summed E-state index contributed by atoms with van der Waals surface area (Å²) in [5, 5.41) is 20.8. The molecule has 0 saturated heterocycles. The molecule has 0 fully saturated rings. The molecule has 1 aromatic heterocycles. The predicted molar refractivity (Wildman–Crippen MR) is 71.1 cm³/mol. The molecular weight excluding hydrogens is 292 g/mol. The third kappa shape index (κ3) is 2.65. The Balaban J connectivity index is 2.37. The average Bonchev–Trinajstić information content (AvgIpc) is 2.39. The first-order valence-electron chi connectivity index (χ1n) is 5.06. The van der Waals surface area contributed by atoms with Crippen molar-refractivity contribution in [3.05, 3.63) is 52.1 Å². The van der Waals surface area contributed by atoms with Crippen molar-refractivity contribution in [3.63, 3.8) is 0 Å². The van der Waals surface area contributed by atoms with Gasteiger partial charge in [-0.15, -0.1) is 0 Å². The number of rotatable bonds is 2. The summed E-state index contributed by atoms with van der Waals surface area (Å²) in [5.74, 6) is 0.531. The van der Waals surface area contributed by atoms with Crippen molar-refractivity contribution >= 4 is 27.4 Å². The molecular formula is C13H7BrN4. The Labute approximate surface area is 113 Å². The lowest BCUT2D eigenvalue weighted by Gasteiger charge is -2.07. The zero-order chi connectivity index (χ0) is 13.0. The SMILES string of the molecule is N#Cc1ccnc(Nc2cc(Br)ccc2C#N)c1. The lowest BCUT2D eigenvalue weighted by Crippen LogP contribution is -1.96. The first kappa shape index (κ1) is 12.1. The second kappa shape index (κ2) is 5.31. The van der Waals surface area contributed by atoms with E-state index in [0.717, 1.165) is 4.47 Å². The van der Waals surface area contributed by atoms with Gasteiger partial charge in [0.15, 0.2) is 0 Å². The molecule has 2 rings (SSSR count). The van der Waals surface area contributed by atoms with Gasteiger partial charge in [0.05, 0.1) is 22.9 Å². The number of benzene rings is 1. The summed E-state index contributed by atoms with van der Waals surface area (Å²) in [6.07, 6.45) is 1.55. The quantitative estimate of drug-likeness (QED) is 0.923. The highest BCUT2D eigenvalue weighted by atomic mass is 79.9. The van der Waals surface area contributed by atoms with Crippen LogP contribution in [0.2, 0.25) is 0 Å². The smallest absolute Gasteiger partial charge is 0.131 e. The van der Waals surface area contributed by atoms with E-state index in [1.807, 2.05) is 6.07 Å². The summed E-state index contributed by atoms with van der Waals surface area (Å²) in [6.45, 7) is 0. The number of aromatic nitrogens is 1. The Morgan fingerprint density at radius 2 is 1.94 bits per heavy atom. The molecule has 1 aromatic carbocycles. The topological polar surface area (TPSA) is 72.5 Å². The van der Waals surface area contributed by atoms with E-state index in [9.17, 15) is 0 Å². The number of nitriles is 2. The van der Waals surface area contributed by atoms with Gasteiger partial charge in [-0.1, -0.05) is 15.9 Å². The van der Waals surface area contributed by atoms with E-state index in [0.29, 0.717) is 22.6 Å². The zero-order valence-corrected chi connectivity index (χ0v) is 10.8. The minimum Gasteiger partial charge on any atom is -0.339 e. The summed E-state index contributed by atoms with van der Waals surface area (Å²) in [5.41, 5.74) is 1.68. The van der Waals surface area contributed by atoms with Crippen LogP contribution >= 0.6 is 15.9 Å². The van der Waals surface area contributed by atoms with Gasteiger partial charge in [-0.3, -0.25) is 0 Å². The van der Waals surface area contributed by atoms with E-state index in [2.05, 4.69) is 32.3 Å². The fraction of sp³-hybridized carbons (Fsp3) is 0. The number of halogens is 1. The molecule has 5 heteroatoms. The predicted octanol–water partition coefficient (Wildman–Crippen LogP) is 3.33. The summed E-state index contributed by atoms with van der Waals surface area (Å²) in [7, 11) is 0. The summed E-state index contributed by atoms with van der Waals surface area (Å²) in [4.78, 5) is 4.10. The molecule has 1 N–H and O–H groups in total. The van der Waals surface area contributed by atoms with Crippen molar-refractivity contribution in [2.75, 3.05) is 5.32 Å². The Kier molecular flexibility index (Phi) is 3.57. The molecule has 0 aliphatic rings. The average molecular weight is 299 g/mol. The van der Waals surface area contributed by atoms with E-state index < -0.39 is 0 Å². The molecule has 18 heavy (non-hydrogen) atoms. The van der Waals surface area contributed by atoms with E-state index in [-0.39, 0.29) is 0 Å². The maximum absolute atomic E-state index is 9.01. The standard InChI is InChI=1S/C13H7BrN4/c14-11-2-1-10(8-16)12(6-11)18-13-5-9(7-15)3-4-17-13/h1-6H,(H,17,18). The lowest BCUT2D eigenvalue weighted by molar-refractivity contribution is 1.29. The van der Waals surface area contributed by atoms with Gasteiger partial charge in [0.25, 0.3) is 0 Å². The van der Waals surface area contributed by atoms with Crippen molar-refractivity contribution in [2.45, 2.75) is 0 Å². The largest absolute Gasteiger partial charge is 0.339 e. The number of pyridine rings is 1. The number of anilines is 2. The summed E-state index contributed by atoms with van der Waals surface area (Å²) in [6, 6.07) is 12.7. The molecule has 86 valence electrons. The van der Waals surface area contributed by atoms with Crippen molar-refractivity contribution in [3.8, 4) is 12.1 Å². The van der Waals surface area contributed by atoms with E-state index in [1.165, 1.54) is 0 Å². The minimum absolute atomic E-state index is 0.515. The molecule has 0 aliphatic carbocycles. The monoisotopic (exact) mass is 298 g/mol. The van der Waals surface area contributed by atoms with Crippen LogP contribution in [0.3, 0.4) is 0 Å². The van der Waals surface area contributed by atoms with Crippen molar-refractivity contribution in [1.82, 2.24) is 4.98 Å². The third-order valence-electron chi connectivity index (χ3n) is 2.25. The molecule has 0 atom stereocenters. The highest BCUT2D eigenvalue weighted by Crippen LogP contribution is 2.23. The van der Waals surface area contributed by atoms with Gasteiger partial charge >= 0.3 is 0 Å². The summed E-state index contributed by atoms with van der Waals surface area (Å²) < 4.78 is 0.862. The van der Waals surface area contributed by atoms with Crippen LogP contribution in [-0.4, -0.2) is 4.98 Å². The van der Waals surface area contributed by atoms with Gasteiger partial charge in [-0.25, -0.2) is 4.98 Å². The van der Waals surface area contributed by atoms with Gasteiger partial charge in [-0.2, -0.15) is 10.5 Å². The number of nitrogens with zero attached hydrogens (tertiary/aromatic N) is 3. The van der Waals surface area contributed by atoms with Gasteiger partial charge < -0.3 is 5.32 Å². The summed E-state index contributed by atoms with van der Waals surface area (Å²) >= 11 is 3.34. The molecule has 1 heterocycles. The molecule has 0 amide bonds. The van der Waals surface area contributed by atoms with Crippen molar-refractivity contribution < 1.29 is 0 Å². The van der Waals surface area contributed by atoms with Crippen LogP contribution in [0, 0.1) is 22.7 Å². The zero-order valence-electron chi connectivity index (χ0n) is 9.18. The van der Waals surface area contributed by atoms with Crippen LogP contribution in [0.15, 0.2) is 41.0 Å². The number of nitrogens with one attached hydrogen (secondary N) is 1. The molecule has 4 nitrogen and oxygen atoms in total. The fourth-order valence-electron chi connectivity index (χ4n) is 1.42. The normalized spacial score (nSPS) is 9.28. The van der Waals surface area contributed by atoms with Crippen molar-refractivity contribution in [1.29, 1.82) is 10.5 Å². The molecule has 0 aliphatic heterocycles. The third-order valence-corrected chi connectivity index (χ3v) is 2.75. The maximum atomic E-state index is 9.01. The number of hydrogen-bond acceptors (Lipinski definition) is 4. The second-order valence-electron chi connectivity index (χ2n) is 3.47. The van der Waals surface area contributed by atoms with Gasteiger partial charge in [0.2, 0.25) is 0 Å². The van der Waals surface area contributed by atoms with E-state index in [4.69, 9.17) is 10.5 Å². The molecule has 0 spiro atoms. The fourth-order valence-corrected chi connectivity index (χ4v) is 1.78. The van der Waals surface area contributed by atoms with Crippen LogP contribution in [0.5, 0.6) is 0 Å². The highest BCUT2D eigenvalue weighted by Gasteiger charge is 2.04. The lowest BCUT2D eigenvalue weighted by atomic mass is 10.2. The van der Waals surface area contributed by atoms with Crippen molar-refractivity contribution in [2.24, 2.45) is 0 Å². The highest BCUT2D eigenvalue weighted by molar-refractivity contribution is 9.10. The van der Waals surface area contributed by atoms with Crippen LogP contribution < -0.4 is 5.32 Å².